The van der Waals surface area contributed by atoms with E-state index in [9.17, 15) is 5.11 Å². The third kappa shape index (κ3) is 1.99. The van der Waals surface area contributed by atoms with Gasteiger partial charge in [0.15, 0.2) is 0 Å². The second-order valence-electron chi connectivity index (χ2n) is 4.46. The molecule has 0 radical (unpaired) electrons. The summed E-state index contributed by atoms with van der Waals surface area (Å²) in [5.41, 5.74) is -0.541. The van der Waals surface area contributed by atoms with Crippen molar-refractivity contribution in [3.05, 3.63) is 0 Å². The van der Waals surface area contributed by atoms with Crippen LogP contribution in [0.1, 0.15) is 34.1 Å². The highest BCUT2D eigenvalue weighted by Gasteiger charge is 2.40. The predicted molar refractivity (Wildman–Crippen MR) is 49.0 cm³/mol. The molecule has 1 aliphatic rings. The van der Waals surface area contributed by atoms with Crippen LogP contribution in [0.15, 0.2) is 0 Å². The van der Waals surface area contributed by atoms with Crippen LogP contribution < -0.4 is 0 Å². The van der Waals surface area contributed by atoms with Crippen LogP contribution in [-0.4, -0.2) is 23.4 Å². The number of epoxide rings is 1. The number of aliphatic hydroxyl groups is 1. The van der Waals surface area contributed by atoms with Crippen molar-refractivity contribution in [3.63, 3.8) is 0 Å². The van der Waals surface area contributed by atoms with Crippen molar-refractivity contribution >= 4 is 0 Å². The lowest BCUT2D eigenvalue weighted by Crippen LogP contribution is -2.41. The maximum atomic E-state index is 10.3. The van der Waals surface area contributed by atoms with Crippen molar-refractivity contribution in [2.24, 2.45) is 11.8 Å². The summed E-state index contributed by atoms with van der Waals surface area (Å²) in [6, 6.07) is 0. The number of hydrogen-bond acceptors (Lipinski definition) is 2. The molecule has 1 saturated heterocycles. The van der Waals surface area contributed by atoms with Gasteiger partial charge in [-0.1, -0.05) is 27.7 Å². The van der Waals surface area contributed by atoms with E-state index in [2.05, 4.69) is 27.7 Å². The van der Waals surface area contributed by atoms with Gasteiger partial charge in [0.2, 0.25) is 0 Å². The Balaban J connectivity index is 2.56. The second-order valence-corrected chi connectivity index (χ2v) is 4.46. The molecular weight excluding hydrogens is 152 g/mol. The minimum atomic E-state index is -0.541. The van der Waals surface area contributed by atoms with Gasteiger partial charge in [-0.3, -0.25) is 0 Å². The molecule has 1 atom stereocenters. The fourth-order valence-electron chi connectivity index (χ4n) is 1.69. The fraction of sp³-hybridized carbons (Fsp3) is 1.00. The molecule has 12 heavy (non-hydrogen) atoms. The van der Waals surface area contributed by atoms with E-state index >= 15 is 0 Å². The minimum absolute atomic E-state index is 0.307. The van der Waals surface area contributed by atoms with Gasteiger partial charge >= 0.3 is 0 Å². The Kier molecular flexibility index (Phi) is 2.79. The quantitative estimate of drug-likeness (QED) is 0.656. The molecule has 0 amide bonds. The molecule has 1 N–H and O–H groups in total. The van der Waals surface area contributed by atoms with Crippen molar-refractivity contribution < 1.29 is 9.84 Å². The van der Waals surface area contributed by atoms with Crippen LogP contribution in [-0.2, 0) is 4.74 Å². The zero-order valence-electron chi connectivity index (χ0n) is 8.50. The van der Waals surface area contributed by atoms with Crippen molar-refractivity contribution in [2.45, 2.75) is 45.8 Å². The van der Waals surface area contributed by atoms with Crippen LogP contribution in [0, 0.1) is 11.8 Å². The van der Waals surface area contributed by atoms with Crippen LogP contribution in [0.3, 0.4) is 0 Å². The fourth-order valence-corrected chi connectivity index (χ4v) is 1.69. The summed E-state index contributed by atoms with van der Waals surface area (Å²) in [6.45, 7) is 9.12. The lowest BCUT2D eigenvalue weighted by atomic mass is 9.77. The molecule has 0 aromatic carbocycles. The van der Waals surface area contributed by atoms with Crippen molar-refractivity contribution in [3.8, 4) is 0 Å². The molecule has 1 heterocycles. The summed E-state index contributed by atoms with van der Waals surface area (Å²) < 4.78 is 5.14. The van der Waals surface area contributed by atoms with E-state index in [0.717, 1.165) is 13.0 Å². The molecular formula is C10H20O2. The van der Waals surface area contributed by atoms with Gasteiger partial charge in [-0.2, -0.15) is 0 Å². The van der Waals surface area contributed by atoms with E-state index in [-0.39, 0.29) is 0 Å². The molecule has 1 rings (SSSR count). The van der Waals surface area contributed by atoms with E-state index in [1.165, 1.54) is 0 Å². The van der Waals surface area contributed by atoms with Gasteiger partial charge in [0, 0.05) is 6.42 Å². The van der Waals surface area contributed by atoms with E-state index in [4.69, 9.17) is 4.74 Å². The first-order valence-electron chi connectivity index (χ1n) is 4.80. The monoisotopic (exact) mass is 172 g/mol. The maximum absolute atomic E-state index is 10.3. The topological polar surface area (TPSA) is 32.8 Å². The first-order valence-corrected chi connectivity index (χ1v) is 4.80. The first-order chi connectivity index (χ1) is 5.47. The van der Waals surface area contributed by atoms with Gasteiger partial charge in [-0.15, -0.1) is 0 Å². The molecule has 72 valence electrons. The van der Waals surface area contributed by atoms with Crippen molar-refractivity contribution in [2.75, 3.05) is 6.61 Å². The third-order valence-electron chi connectivity index (χ3n) is 2.96. The van der Waals surface area contributed by atoms with Gasteiger partial charge in [0.1, 0.15) is 0 Å². The molecule has 1 unspecified atom stereocenters. The summed E-state index contributed by atoms with van der Waals surface area (Å²) >= 11 is 0. The smallest absolute Gasteiger partial charge is 0.0837 e. The van der Waals surface area contributed by atoms with Gasteiger partial charge < -0.3 is 9.84 Å². The third-order valence-corrected chi connectivity index (χ3v) is 2.96. The van der Waals surface area contributed by atoms with Gasteiger partial charge in [-0.05, 0) is 11.8 Å². The van der Waals surface area contributed by atoms with E-state index in [1.807, 2.05) is 0 Å². The zero-order valence-corrected chi connectivity index (χ0v) is 8.50. The lowest BCUT2D eigenvalue weighted by molar-refractivity contribution is -0.0584. The Labute approximate surface area is 74.9 Å². The average molecular weight is 172 g/mol. The zero-order chi connectivity index (χ0) is 9.35. The van der Waals surface area contributed by atoms with Gasteiger partial charge in [0.25, 0.3) is 0 Å². The first kappa shape index (κ1) is 10.0. The van der Waals surface area contributed by atoms with Crippen LogP contribution >= 0.6 is 0 Å². The van der Waals surface area contributed by atoms with Gasteiger partial charge in [0.05, 0.1) is 18.3 Å². The van der Waals surface area contributed by atoms with E-state index < -0.39 is 5.60 Å². The molecule has 1 aliphatic heterocycles. The van der Waals surface area contributed by atoms with E-state index in [0.29, 0.717) is 17.9 Å². The molecule has 0 aromatic rings. The molecule has 0 bridgehead atoms. The molecule has 0 aliphatic carbocycles. The summed E-state index contributed by atoms with van der Waals surface area (Å²) in [6.07, 6.45) is 1.11. The van der Waals surface area contributed by atoms with Gasteiger partial charge in [-0.25, -0.2) is 0 Å². The number of rotatable bonds is 4. The summed E-state index contributed by atoms with van der Waals surface area (Å²) in [7, 11) is 0. The predicted octanol–water partition coefficient (Wildman–Crippen LogP) is 1.82. The minimum Gasteiger partial charge on any atom is -0.389 e. The normalized spacial score (nSPS) is 23.8. The average Bonchev–Trinajstić information content (AvgIpc) is 2.70. The SMILES string of the molecule is CC(C)C(O)(CC1CO1)C(C)C. The standard InChI is InChI=1S/C10H20O2/c1-7(2)10(11,8(3)4)5-9-6-12-9/h7-9,11H,5-6H2,1-4H3. The van der Waals surface area contributed by atoms with Crippen molar-refractivity contribution in [1.82, 2.24) is 0 Å². The Hall–Kier alpha value is -0.0800. The highest BCUT2D eigenvalue weighted by molar-refractivity contribution is 4.90. The van der Waals surface area contributed by atoms with Crippen LogP contribution in [0.2, 0.25) is 0 Å². The molecule has 2 nitrogen and oxygen atoms in total. The summed E-state index contributed by atoms with van der Waals surface area (Å²) in [5.74, 6) is 0.614. The summed E-state index contributed by atoms with van der Waals surface area (Å²) in [4.78, 5) is 0. The number of hydrogen-bond donors (Lipinski definition) is 1. The van der Waals surface area contributed by atoms with Crippen LogP contribution in [0.4, 0.5) is 0 Å². The molecule has 0 saturated carbocycles. The largest absolute Gasteiger partial charge is 0.389 e. The second kappa shape index (κ2) is 3.35. The molecule has 2 heteroatoms. The maximum Gasteiger partial charge on any atom is 0.0837 e. The number of ether oxygens (including phenoxy) is 1. The molecule has 0 aromatic heterocycles. The lowest BCUT2D eigenvalue weighted by Gasteiger charge is -2.35. The Morgan fingerprint density at radius 2 is 1.75 bits per heavy atom. The molecule has 1 fully saturated rings. The Morgan fingerprint density at radius 1 is 1.33 bits per heavy atom. The Morgan fingerprint density at radius 3 is 2.00 bits per heavy atom. The highest BCUT2D eigenvalue weighted by Crippen LogP contribution is 2.34. The Bertz CT molecular complexity index is 140. The summed E-state index contributed by atoms with van der Waals surface area (Å²) in [5, 5.41) is 10.3. The van der Waals surface area contributed by atoms with E-state index in [1.54, 1.807) is 0 Å². The van der Waals surface area contributed by atoms with Crippen LogP contribution in [0.5, 0.6) is 0 Å². The highest BCUT2D eigenvalue weighted by atomic mass is 16.6. The van der Waals surface area contributed by atoms with Crippen molar-refractivity contribution in [1.29, 1.82) is 0 Å². The molecule has 0 spiro atoms. The van der Waals surface area contributed by atoms with Crippen LogP contribution in [0.25, 0.3) is 0 Å².